The molecule has 5 rings (SSSR count). The van der Waals surface area contributed by atoms with Gasteiger partial charge in [-0.25, -0.2) is 28.1 Å². The molecule has 33 heavy (non-hydrogen) atoms. The zero-order valence-electron chi connectivity index (χ0n) is 17.1. The van der Waals surface area contributed by atoms with Crippen LogP contribution in [0.4, 0.5) is 13.2 Å². The number of aliphatic carboxylic acids is 1. The number of aromatic nitrogens is 4. The summed E-state index contributed by atoms with van der Waals surface area (Å²) in [6.07, 6.45) is 4.33. The predicted octanol–water partition coefficient (Wildman–Crippen LogP) is 4.74. The molecule has 7 nitrogen and oxygen atoms in total. The predicted molar refractivity (Wildman–Crippen MR) is 112 cm³/mol. The fourth-order valence-electron chi connectivity index (χ4n) is 3.88. The number of ether oxygens (including phenoxy) is 1. The highest BCUT2D eigenvalue weighted by Gasteiger charge is 2.32. The Bertz CT molecular complexity index is 1310. The number of aromatic amines is 1. The Morgan fingerprint density at radius 2 is 1.76 bits per heavy atom. The molecule has 1 saturated carbocycles. The summed E-state index contributed by atoms with van der Waals surface area (Å²) < 4.78 is 47.3. The Kier molecular flexibility index (Phi) is 5.20. The third-order valence-corrected chi connectivity index (χ3v) is 5.64. The second-order valence-electron chi connectivity index (χ2n) is 7.99. The molecule has 4 aromatic rings. The number of rotatable bonds is 6. The zero-order valence-corrected chi connectivity index (χ0v) is 17.1. The lowest BCUT2D eigenvalue weighted by Crippen LogP contribution is -2.35. The van der Waals surface area contributed by atoms with Crippen LogP contribution in [-0.4, -0.2) is 37.1 Å². The number of nitrogens with one attached hydrogen (secondary N) is 1. The quantitative estimate of drug-likeness (QED) is 0.437. The first-order chi connectivity index (χ1) is 15.9. The Morgan fingerprint density at radius 3 is 2.45 bits per heavy atom. The Labute approximate surface area is 185 Å². The molecule has 1 aliphatic rings. The van der Waals surface area contributed by atoms with Crippen molar-refractivity contribution in [3.05, 3.63) is 60.2 Å². The molecule has 0 saturated heterocycles. The van der Waals surface area contributed by atoms with E-state index in [0.29, 0.717) is 24.0 Å². The molecule has 2 aromatic carbocycles. The van der Waals surface area contributed by atoms with Gasteiger partial charge in [0.2, 0.25) is 0 Å². The highest BCUT2D eigenvalue weighted by Crippen LogP contribution is 2.33. The molecular formula is C23H17F3N4O3. The van der Waals surface area contributed by atoms with Gasteiger partial charge in [-0.15, -0.1) is 0 Å². The topological polar surface area (TPSA) is 101 Å². The van der Waals surface area contributed by atoms with E-state index < -0.39 is 23.4 Å². The van der Waals surface area contributed by atoms with E-state index in [4.69, 9.17) is 9.84 Å². The summed E-state index contributed by atoms with van der Waals surface area (Å²) in [6.45, 7) is 0. The molecule has 0 unspecified atom stereocenters. The van der Waals surface area contributed by atoms with Gasteiger partial charge in [0, 0.05) is 36.5 Å². The number of benzene rings is 2. The highest BCUT2D eigenvalue weighted by molar-refractivity contribution is 5.80. The number of H-pyrrole nitrogens is 1. The minimum Gasteiger partial charge on any atom is -0.481 e. The number of hydrogen-bond acceptors (Lipinski definition) is 5. The van der Waals surface area contributed by atoms with E-state index in [1.165, 1.54) is 24.5 Å². The third kappa shape index (κ3) is 4.23. The van der Waals surface area contributed by atoms with Crippen molar-refractivity contribution in [3.63, 3.8) is 0 Å². The summed E-state index contributed by atoms with van der Waals surface area (Å²) in [5, 5.41) is 8.79. The van der Waals surface area contributed by atoms with Gasteiger partial charge in [0.05, 0.1) is 16.6 Å². The molecule has 10 heteroatoms. The van der Waals surface area contributed by atoms with Gasteiger partial charge < -0.3 is 14.8 Å². The first kappa shape index (κ1) is 20.9. The molecule has 0 aliphatic heterocycles. The SMILES string of the molecule is O=C(O)CC1CC(Oc2ncc(-c3ccc(-c4nc5cc(F)c(F)cc5[nH]4)c(F)c3)cn2)C1. The van der Waals surface area contributed by atoms with Crippen molar-refractivity contribution in [3.8, 4) is 28.5 Å². The molecule has 1 fully saturated rings. The molecule has 0 spiro atoms. The summed E-state index contributed by atoms with van der Waals surface area (Å²) in [5.74, 6) is -3.18. The molecular weight excluding hydrogens is 437 g/mol. The van der Waals surface area contributed by atoms with Crippen LogP contribution in [0.2, 0.25) is 0 Å². The van der Waals surface area contributed by atoms with Crippen LogP contribution in [0.1, 0.15) is 19.3 Å². The van der Waals surface area contributed by atoms with Gasteiger partial charge in [-0.1, -0.05) is 6.07 Å². The third-order valence-electron chi connectivity index (χ3n) is 5.64. The molecule has 0 amide bonds. The van der Waals surface area contributed by atoms with Gasteiger partial charge >= 0.3 is 12.0 Å². The summed E-state index contributed by atoms with van der Waals surface area (Å²) in [4.78, 5) is 26.0. The van der Waals surface area contributed by atoms with E-state index in [1.807, 2.05) is 0 Å². The van der Waals surface area contributed by atoms with Crippen molar-refractivity contribution in [2.24, 2.45) is 5.92 Å². The van der Waals surface area contributed by atoms with Gasteiger partial charge in [0.25, 0.3) is 0 Å². The van der Waals surface area contributed by atoms with Crippen LogP contribution in [-0.2, 0) is 4.79 Å². The van der Waals surface area contributed by atoms with Crippen LogP contribution in [0.3, 0.4) is 0 Å². The van der Waals surface area contributed by atoms with E-state index in [1.54, 1.807) is 6.07 Å². The number of imidazole rings is 1. The lowest BCUT2D eigenvalue weighted by atomic mass is 9.80. The van der Waals surface area contributed by atoms with Crippen LogP contribution < -0.4 is 4.74 Å². The van der Waals surface area contributed by atoms with Gasteiger partial charge in [0.1, 0.15) is 17.7 Å². The second-order valence-corrected chi connectivity index (χ2v) is 7.99. The van der Waals surface area contributed by atoms with Crippen molar-refractivity contribution in [1.29, 1.82) is 0 Å². The fourth-order valence-corrected chi connectivity index (χ4v) is 3.88. The molecule has 0 bridgehead atoms. The first-order valence-electron chi connectivity index (χ1n) is 10.2. The average Bonchev–Trinajstić information content (AvgIpc) is 3.15. The van der Waals surface area contributed by atoms with Crippen molar-refractivity contribution in [2.75, 3.05) is 0 Å². The minimum atomic E-state index is -1.03. The summed E-state index contributed by atoms with van der Waals surface area (Å²) >= 11 is 0. The maximum atomic E-state index is 14.8. The van der Waals surface area contributed by atoms with Crippen LogP contribution in [0, 0.1) is 23.4 Å². The van der Waals surface area contributed by atoms with Crippen molar-refractivity contribution < 1.29 is 27.8 Å². The first-order valence-corrected chi connectivity index (χ1v) is 10.2. The Balaban J connectivity index is 1.30. The summed E-state index contributed by atoms with van der Waals surface area (Å²) in [7, 11) is 0. The number of halogens is 3. The number of carbonyl (C=O) groups is 1. The number of hydrogen-bond donors (Lipinski definition) is 2. The normalized spacial score (nSPS) is 17.7. The fraction of sp³-hybridized carbons (Fsp3) is 0.217. The maximum Gasteiger partial charge on any atom is 0.316 e. The molecule has 1 aliphatic carbocycles. The molecule has 2 heterocycles. The van der Waals surface area contributed by atoms with Gasteiger partial charge in [-0.2, -0.15) is 0 Å². The highest BCUT2D eigenvalue weighted by atomic mass is 19.2. The number of nitrogens with zero attached hydrogens (tertiary/aromatic N) is 3. The summed E-state index contributed by atoms with van der Waals surface area (Å²) in [6, 6.07) is 6.57. The minimum absolute atomic E-state index is 0.109. The Hall–Kier alpha value is -3.95. The Morgan fingerprint density at radius 1 is 1.03 bits per heavy atom. The van der Waals surface area contributed by atoms with E-state index in [9.17, 15) is 18.0 Å². The van der Waals surface area contributed by atoms with Crippen LogP contribution in [0.15, 0.2) is 42.7 Å². The largest absolute Gasteiger partial charge is 0.481 e. The van der Waals surface area contributed by atoms with E-state index in [0.717, 1.165) is 12.1 Å². The number of carboxylic acid groups (broad SMARTS) is 1. The smallest absolute Gasteiger partial charge is 0.316 e. The lowest BCUT2D eigenvalue weighted by molar-refractivity contribution is -0.139. The molecule has 2 N–H and O–H groups in total. The van der Waals surface area contributed by atoms with Gasteiger partial charge in [0.15, 0.2) is 11.6 Å². The second kappa shape index (κ2) is 8.19. The van der Waals surface area contributed by atoms with Gasteiger partial charge in [-0.3, -0.25) is 4.79 Å². The average molecular weight is 454 g/mol. The van der Waals surface area contributed by atoms with E-state index in [2.05, 4.69) is 19.9 Å². The number of carboxylic acids is 1. The van der Waals surface area contributed by atoms with Crippen molar-refractivity contribution >= 4 is 17.0 Å². The maximum absolute atomic E-state index is 14.8. The van der Waals surface area contributed by atoms with Gasteiger partial charge in [-0.05, 0) is 36.5 Å². The molecule has 0 radical (unpaired) electrons. The zero-order chi connectivity index (χ0) is 23.1. The van der Waals surface area contributed by atoms with Crippen LogP contribution in [0.25, 0.3) is 33.5 Å². The lowest BCUT2D eigenvalue weighted by Gasteiger charge is -2.33. The van der Waals surface area contributed by atoms with Crippen LogP contribution in [0.5, 0.6) is 6.01 Å². The van der Waals surface area contributed by atoms with Crippen LogP contribution >= 0.6 is 0 Å². The van der Waals surface area contributed by atoms with Crippen molar-refractivity contribution in [1.82, 2.24) is 19.9 Å². The number of fused-ring (bicyclic) bond motifs is 1. The van der Waals surface area contributed by atoms with Crippen molar-refractivity contribution in [2.45, 2.75) is 25.4 Å². The monoisotopic (exact) mass is 454 g/mol. The molecule has 2 aromatic heterocycles. The standard InChI is InChI=1S/C23H17F3N4O3/c24-16-6-12(1-2-15(16)22-29-19-7-17(25)18(26)8-20(19)30-22)13-9-27-23(28-10-13)33-14-3-11(4-14)5-21(31)32/h1-2,6-11,14H,3-5H2,(H,29,30)(H,31,32). The van der Waals surface area contributed by atoms with E-state index >= 15 is 0 Å². The van der Waals surface area contributed by atoms with E-state index in [-0.39, 0.29) is 46.9 Å². The molecule has 0 atom stereocenters. The summed E-state index contributed by atoms with van der Waals surface area (Å²) in [5.41, 5.74) is 1.70. The molecule has 168 valence electrons.